The summed E-state index contributed by atoms with van der Waals surface area (Å²) in [6.07, 6.45) is 12.5. The topological polar surface area (TPSA) is 37.4 Å². The molecule has 0 aliphatic carbocycles. The molecule has 23 heavy (non-hydrogen) atoms. The molecule has 0 N–H and O–H groups in total. The van der Waals surface area contributed by atoms with Crippen LogP contribution in [0.1, 0.15) is 72.1 Å². The smallest absolute Gasteiger partial charge is 0.233 e. The average Bonchev–Trinajstić information content (AvgIpc) is 2.78. The van der Waals surface area contributed by atoms with Gasteiger partial charge in [-0.05, 0) is 32.1 Å². The van der Waals surface area contributed by atoms with Gasteiger partial charge >= 0.3 is 0 Å². The number of carbonyl (C=O) groups excluding carboxylic acids is 2. The van der Waals surface area contributed by atoms with Crippen LogP contribution in [0.5, 0.6) is 0 Å². The molecule has 2 rings (SSSR count). The van der Waals surface area contributed by atoms with E-state index < -0.39 is 0 Å². The van der Waals surface area contributed by atoms with Crippen molar-refractivity contribution in [1.29, 1.82) is 0 Å². The Morgan fingerprint density at radius 1 is 1.04 bits per heavy atom. The lowest BCUT2D eigenvalue weighted by molar-refractivity contribution is 0.196. The van der Waals surface area contributed by atoms with Gasteiger partial charge in [0.1, 0.15) is 0 Å². The van der Waals surface area contributed by atoms with Crippen LogP contribution in [-0.4, -0.2) is 35.8 Å². The highest BCUT2D eigenvalue weighted by atomic mass is 16.2. The predicted molar refractivity (Wildman–Crippen MR) is 99.6 cm³/mol. The molecule has 2 aliphatic heterocycles. The molecule has 0 bridgehead atoms. The maximum absolute atomic E-state index is 12.9. The first-order chi connectivity index (χ1) is 11.1. The Labute approximate surface area is 142 Å². The van der Waals surface area contributed by atoms with Crippen molar-refractivity contribution >= 4 is 24.8 Å². The molecule has 1 saturated heterocycles. The van der Waals surface area contributed by atoms with Crippen molar-refractivity contribution in [2.75, 3.05) is 0 Å². The minimum absolute atomic E-state index is 0.0516. The molecule has 2 amide bonds. The van der Waals surface area contributed by atoms with Gasteiger partial charge in [-0.3, -0.25) is 14.5 Å². The number of nitrogens with zero attached hydrogens (tertiary/aromatic N) is 1. The van der Waals surface area contributed by atoms with Gasteiger partial charge in [-0.1, -0.05) is 64.3 Å². The van der Waals surface area contributed by atoms with Crippen molar-refractivity contribution in [2.45, 2.75) is 90.8 Å². The third-order valence-electron chi connectivity index (χ3n) is 5.65. The highest BCUT2D eigenvalue weighted by molar-refractivity contribution is 7.47. The van der Waals surface area contributed by atoms with Gasteiger partial charge in [0.2, 0.25) is 13.2 Å². The third kappa shape index (κ3) is 4.10. The van der Waals surface area contributed by atoms with Gasteiger partial charge < -0.3 is 0 Å². The standard InChI is InChI=1S/C18H31B2NO2/c1-4-10-15-11-7-8-13-19-17(22)21(16(5-2)6-3)18(23)20(19)14-9-12-15/h12,16H,4-11,13-14H2,1-3H3/b15-12+. The second-order valence-corrected chi connectivity index (χ2v) is 7.17. The lowest BCUT2D eigenvalue weighted by Gasteiger charge is -2.25. The highest BCUT2D eigenvalue weighted by Gasteiger charge is 2.52. The fraction of sp³-hybridized carbons (Fsp3) is 0.778. The molecular formula is C18H31B2NO2. The second kappa shape index (κ2) is 8.75. The van der Waals surface area contributed by atoms with E-state index in [1.54, 1.807) is 10.5 Å². The van der Waals surface area contributed by atoms with Gasteiger partial charge in [-0.25, -0.2) is 0 Å². The first kappa shape index (κ1) is 18.3. The van der Waals surface area contributed by atoms with Gasteiger partial charge in [0, 0.05) is 6.04 Å². The van der Waals surface area contributed by atoms with Crippen molar-refractivity contribution < 1.29 is 9.59 Å². The molecule has 126 valence electrons. The molecule has 0 aromatic rings. The largest absolute Gasteiger partial charge is 0.298 e. The van der Waals surface area contributed by atoms with Crippen LogP contribution in [0.2, 0.25) is 12.6 Å². The Kier molecular flexibility index (Phi) is 6.98. The zero-order valence-corrected chi connectivity index (χ0v) is 15.1. The lowest BCUT2D eigenvalue weighted by atomic mass is 9.07. The Hall–Kier alpha value is -0.990. The van der Waals surface area contributed by atoms with Gasteiger partial charge in [0.15, 0.2) is 11.6 Å². The molecular weight excluding hydrogens is 284 g/mol. The molecule has 0 unspecified atom stereocenters. The van der Waals surface area contributed by atoms with Crippen LogP contribution in [0, 0.1) is 0 Å². The van der Waals surface area contributed by atoms with Gasteiger partial charge in [0.05, 0.1) is 0 Å². The summed E-state index contributed by atoms with van der Waals surface area (Å²) >= 11 is 0. The maximum Gasteiger partial charge on any atom is 0.233 e. The summed E-state index contributed by atoms with van der Waals surface area (Å²) in [5.74, 6) is 0.228. The summed E-state index contributed by atoms with van der Waals surface area (Å²) < 4.78 is 0. The molecule has 1 fully saturated rings. The first-order valence-corrected chi connectivity index (χ1v) is 9.68. The van der Waals surface area contributed by atoms with E-state index in [2.05, 4.69) is 26.8 Å². The fourth-order valence-corrected chi connectivity index (χ4v) is 4.31. The SMILES string of the molecule is CCC/C1=C\CCB2B(CCCC1)C(=O)N(C(CC)CC)C2=O. The molecule has 0 saturated carbocycles. The maximum atomic E-state index is 12.9. The molecule has 2 heterocycles. The quantitative estimate of drug-likeness (QED) is 0.512. The molecule has 0 spiro atoms. The molecule has 0 aromatic carbocycles. The number of fused-ring (bicyclic) bond motifs is 1. The Morgan fingerprint density at radius 2 is 1.70 bits per heavy atom. The summed E-state index contributed by atoms with van der Waals surface area (Å²) in [5, 5.41) is 0. The van der Waals surface area contributed by atoms with E-state index >= 15 is 0 Å². The zero-order valence-electron chi connectivity index (χ0n) is 15.1. The van der Waals surface area contributed by atoms with Crippen LogP contribution in [0.25, 0.3) is 0 Å². The lowest BCUT2D eigenvalue weighted by Crippen LogP contribution is -2.40. The van der Waals surface area contributed by atoms with Crippen LogP contribution in [-0.2, 0) is 0 Å². The van der Waals surface area contributed by atoms with Crippen molar-refractivity contribution in [3.05, 3.63) is 11.6 Å². The number of amides is 2. The van der Waals surface area contributed by atoms with Gasteiger partial charge in [-0.2, -0.15) is 0 Å². The number of imide groups is 1. The zero-order chi connectivity index (χ0) is 16.8. The molecule has 2 aliphatic rings. The summed E-state index contributed by atoms with van der Waals surface area (Å²) in [6.45, 7) is 6.25. The molecule has 3 nitrogen and oxygen atoms in total. The van der Waals surface area contributed by atoms with E-state index in [0.29, 0.717) is 0 Å². The Balaban J connectivity index is 2.15. The van der Waals surface area contributed by atoms with E-state index in [0.717, 1.165) is 44.7 Å². The molecule has 0 aromatic heterocycles. The third-order valence-corrected chi connectivity index (χ3v) is 5.65. The number of carbonyl (C=O) groups is 2. The minimum atomic E-state index is -0.0691. The van der Waals surface area contributed by atoms with E-state index in [4.69, 9.17) is 0 Å². The molecule has 5 heteroatoms. The second-order valence-electron chi connectivity index (χ2n) is 7.17. The van der Waals surface area contributed by atoms with Crippen LogP contribution in [0.4, 0.5) is 9.59 Å². The minimum Gasteiger partial charge on any atom is -0.298 e. The number of hydrogen-bond donors (Lipinski definition) is 0. The molecule has 0 radical (unpaired) electrons. The highest BCUT2D eigenvalue weighted by Crippen LogP contribution is 2.29. The number of hydrogen-bond acceptors (Lipinski definition) is 2. The Morgan fingerprint density at radius 3 is 2.30 bits per heavy atom. The summed E-state index contributed by atoms with van der Waals surface area (Å²) in [7, 11) is 0. The fourth-order valence-electron chi connectivity index (χ4n) is 4.31. The average molecular weight is 315 g/mol. The summed E-state index contributed by atoms with van der Waals surface area (Å²) in [5.41, 5.74) is 1.56. The van der Waals surface area contributed by atoms with E-state index in [-0.39, 0.29) is 30.9 Å². The van der Waals surface area contributed by atoms with Crippen molar-refractivity contribution in [2.24, 2.45) is 0 Å². The molecule has 0 atom stereocenters. The number of allylic oxidation sites excluding steroid dienone is 2. The summed E-state index contributed by atoms with van der Waals surface area (Å²) in [6, 6.07) is 0.0961. The van der Waals surface area contributed by atoms with Crippen LogP contribution in [0.3, 0.4) is 0 Å². The van der Waals surface area contributed by atoms with Gasteiger partial charge in [-0.15, -0.1) is 0 Å². The van der Waals surface area contributed by atoms with Crippen molar-refractivity contribution in [3.63, 3.8) is 0 Å². The van der Waals surface area contributed by atoms with Crippen LogP contribution < -0.4 is 0 Å². The first-order valence-electron chi connectivity index (χ1n) is 9.68. The Bertz CT molecular complexity index is 460. The van der Waals surface area contributed by atoms with E-state index in [1.807, 2.05) is 0 Å². The number of rotatable bonds is 5. The predicted octanol–water partition coefficient (Wildman–Crippen LogP) is 5.26. The van der Waals surface area contributed by atoms with Crippen LogP contribution in [0.15, 0.2) is 11.6 Å². The monoisotopic (exact) mass is 315 g/mol. The summed E-state index contributed by atoms with van der Waals surface area (Å²) in [4.78, 5) is 27.3. The van der Waals surface area contributed by atoms with Crippen LogP contribution >= 0.6 is 0 Å². The van der Waals surface area contributed by atoms with Crippen molar-refractivity contribution in [1.82, 2.24) is 4.90 Å². The van der Waals surface area contributed by atoms with E-state index in [1.165, 1.54) is 19.3 Å². The normalized spacial score (nSPS) is 22.4. The van der Waals surface area contributed by atoms with E-state index in [9.17, 15) is 9.59 Å². The van der Waals surface area contributed by atoms with Crippen molar-refractivity contribution in [3.8, 4) is 0 Å². The van der Waals surface area contributed by atoms with Gasteiger partial charge in [0.25, 0.3) is 0 Å².